The van der Waals surface area contributed by atoms with Gasteiger partial charge < -0.3 is 20.7 Å². The van der Waals surface area contributed by atoms with Crippen LogP contribution >= 0.6 is 11.3 Å². The maximum absolute atomic E-state index is 5.88. The second-order valence-corrected chi connectivity index (χ2v) is 5.80. The molecule has 2 heterocycles. The summed E-state index contributed by atoms with van der Waals surface area (Å²) in [5.74, 6) is 0. The molecule has 0 saturated carbocycles. The first-order valence-electron chi connectivity index (χ1n) is 6.81. The fourth-order valence-electron chi connectivity index (χ4n) is 2.29. The smallest absolute Gasteiger partial charge is 0.0642 e. The molecule has 5 heteroatoms. The Morgan fingerprint density at radius 3 is 2.55 bits per heavy atom. The molecule has 0 radical (unpaired) electrons. The fraction of sp³-hybridized carbons (Fsp3) is 0.333. The SMILES string of the molecule is Nc1ccsc1CNc1ccc(N2CCOCC2)cc1. The van der Waals surface area contributed by atoms with E-state index in [1.807, 2.05) is 11.4 Å². The number of nitrogens with one attached hydrogen (secondary N) is 1. The van der Waals surface area contributed by atoms with Crippen LogP contribution in [0, 0.1) is 0 Å². The predicted octanol–water partition coefficient (Wildman–Crippen LogP) is 2.78. The number of thiophene rings is 1. The van der Waals surface area contributed by atoms with Crippen LogP contribution in [0.2, 0.25) is 0 Å². The van der Waals surface area contributed by atoms with Gasteiger partial charge in [0, 0.05) is 35.0 Å². The first-order chi connectivity index (χ1) is 9.83. The van der Waals surface area contributed by atoms with Crippen LogP contribution in [-0.4, -0.2) is 26.3 Å². The van der Waals surface area contributed by atoms with Gasteiger partial charge in [0.25, 0.3) is 0 Å². The monoisotopic (exact) mass is 289 g/mol. The standard InChI is InChI=1S/C15H19N3OS/c16-14-5-10-20-15(14)11-17-12-1-3-13(4-2-12)18-6-8-19-9-7-18/h1-5,10,17H,6-9,11,16H2. The Balaban J connectivity index is 1.59. The van der Waals surface area contributed by atoms with Crippen LogP contribution in [0.4, 0.5) is 17.1 Å². The van der Waals surface area contributed by atoms with Gasteiger partial charge in [0.1, 0.15) is 0 Å². The first-order valence-corrected chi connectivity index (χ1v) is 7.69. The lowest BCUT2D eigenvalue weighted by Gasteiger charge is -2.28. The molecular weight excluding hydrogens is 270 g/mol. The van der Waals surface area contributed by atoms with Gasteiger partial charge in [-0.15, -0.1) is 11.3 Å². The van der Waals surface area contributed by atoms with E-state index in [0.29, 0.717) is 0 Å². The summed E-state index contributed by atoms with van der Waals surface area (Å²) in [6.07, 6.45) is 0. The zero-order valence-corrected chi connectivity index (χ0v) is 12.2. The number of anilines is 3. The predicted molar refractivity (Wildman–Crippen MR) is 85.5 cm³/mol. The second-order valence-electron chi connectivity index (χ2n) is 4.80. The van der Waals surface area contributed by atoms with Crippen molar-refractivity contribution in [3.63, 3.8) is 0 Å². The zero-order chi connectivity index (χ0) is 13.8. The summed E-state index contributed by atoms with van der Waals surface area (Å²) < 4.78 is 5.37. The Morgan fingerprint density at radius 2 is 1.90 bits per heavy atom. The van der Waals surface area contributed by atoms with Crippen LogP contribution in [-0.2, 0) is 11.3 Å². The lowest BCUT2D eigenvalue weighted by Crippen LogP contribution is -2.36. The van der Waals surface area contributed by atoms with Crippen LogP contribution in [0.5, 0.6) is 0 Å². The van der Waals surface area contributed by atoms with Crippen LogP contribution in [0.1, 0.15) is 4.88 Å². The van der Waals surface area contributed by atoms with Gasteiger partial charge in [-0.25, -0.2) is 0 Å². The third kappa shape index (κ3) is 3.05. The largest absolute Gasteiger partial charge is 0.398 e. The van der Waals surface area contributed by atoms with Crippen LogP contribution in [0.25, 0.3) is 0 Å². The molecule has 1 aromatic heterocycles. The van der Waals surface area contributed by atoms with Crippen molar-refractivity contribution in [1.82, 2.24) is 0 Å². The van der Waals surface area contributed by atoms with Crippen molar-refractivity contribution in [1.29, 1.82) is 0 Å². The van der Waals surface area contributed by atoms with Gasteiger partial charge in [-0.3, -0.25) is 0 Å². The minimum atomic E-state index is 0.778. The Bertz CT molecular complexity index is 547. The molecule has 1 aliphatic rings. The summed E-state index contributed by atoms with van der Waals surface area (Å²) in [5.41, 5.74) is 9.13. The van der Waals surface area contributed by atoms with Crippen molar-refractivity contribution in [3.8, 4) is 0 Å². The number of hydrogen-bond donors (Lipinski definition) is 2. The number of nitrogens with zero attached hydrogens (tertiary/aromatic N) is 1. The van der Waals surface area contributed by atoms with E-state index in [1.165, 1.54) is 10.6 Å². The van der Waals surface area contributed by atoms with Crippen molar-refractivity contribution in [2.45, 2.75) is 6.54 Å². The van der Waals surface area contributed by atoms with Crippen LogP contribution < -0.4 is 16.0 Å². The molecule has 4 nitrogen and oxygen atoms in total. The van der Waals surface area contributed by atoms with E-state index in [2.05, 4.69) is 34.5 Å². The highest BCUT2D eigenvalue weighted by atomic mass is 32.1. The minimum Gasteiger partial charge on any atom is -0.398 e. The number of ether oxygens (including phenoxy) is 1. The molecule has 0 amide bonds. The van der Waals surface area contributed by atoms with Gasteiger partial charge in [-0.1, -0.05) is 0 Å². The van der Waals surface area contributed by atoms with E-state index < -0.39 is 0 Å². The summed E-state index contributed by atoms with van der Waals surface area (Å²) >= 11 is 1.69. The van der Waals surface area contributed by atoms with E-state index in [-0.39, 0.29) is 0 Å². The molecule has 3 N–H and O–H groups in total. The van der Waals surface area contributed by atoms with E-state index in [0.717, 1.165) is 44.2 Å². The van der Waals surface area contributed by atoms with Gasteiger partial charge in [0.15, 0.2) is 0 Å². The summed E-state index contributed by atoms with van der Waals surface area (Å²) in [6.45, 7) is 4.35. The number of benzene rings is 1. The molecule has 1 aliphatic heterocycles. The summed E-state index contributed by atoms with van der Waals surface area (Å²) in [4.78, 5) is 3.53. The van der Waals surface area contributed by atoms with Crippen molar-refractivity contribution >= 4 is 28.4 Å². The molecule has 0 spiro atoms. The Morgan fingerprint density at radius 1 is 1.15 bits per heavy atom. The van der Waals surface area contributed by atoms with Gasteiger partial charge in [-0.2, -0.15) is 0 Å². The highest BCUT2D eigenvalue weighted by Crippen LogP contribution is 2.22. The third-order valence-electron chi connectivity index (χ3n) is 3.48. The number of hydrogen-bond acceptors (Lipinski definition) is 5. The second kappa shape index (κ2) is 6.15. The van der Waals surface area contributed by atoms with Gasteiger partial charge >= 0.3 is 0 Å². The summed E-state index contributed by atoms with van der Waals surface area (Å²) in [5, 5.41) is 5.43. The molecule has 3 rings (SSSR count). The van der Waals surface area contributed by atoms with E-state index in [4.69, 9.17) is 10.5 Å². The van der Waals surface area contributed by atoms with Gasteiger partial charge in [0.2, 0.25) is 0 Å². The van der Waals surface area contributed by atoms with Crippen molar-refractivity contribution in [2.75, 3.05) is 42.3 Å². The molecule has 1 saturated heterocycles. The molecule has 0 bridgehead atoms. The molecule has 1 fully saturated rings. The molecule has 20 heavy (non-hydrogen) atoms. The van der Waals surface area contributed by atoms with E-state index in [9.17, 15) is 0 Å². The number of rotatable bonds is 4. The van der Waals surface area contributed by atoms with Gasteiger partial charge in [-0.05, 0) is 35.7 Å². The highest BCUT2D eigenvalue weighted by molar-refractivity contribution is 7.10. The Labute approximate surface area is 123 Å². The fourth-order valence-corrected chi connectivity index (χ4v) is 3.03. The minimum absolute atomic E-state index is 0.778. The summed E-state index contributed by atoms with van der Waals surface area (Å²) in [6, 6.07) is 10.5. The quantitative estimate of drug-likeness (QED) is 0.908. The van der Waals surface area contributed by atoms with Crippen molar-refractivity contribution in [3.05, 3.63) is 40.6 Å². The number of nitrogens with two attached hydrogens (primary N) is 1. The van der Waals surface area contributed by atoms with E-state index >= 15 is 0 Å². The molecule has 2 aromatic rings. The number of nitrogen functional groups attached to an aromatic ring is 1. The normalized spacial score (nSPS) is 15.3. The lowest BCUT2D eigenvalue weighted by molar-refractivity contribution is 0.122. The zero-order valence-electron chi connectivity index (χ0n) is 11.3. The maximum atomic E-state index is 5.88. The summed E-state index contributed by atoms with van der Waals surface area (Å²) in [7, 11) is 0. The van der Waals surface area contributed by atoms with Crippen LogP contribution in [0.15, 0.2) is 35.7 Å². The van der Waals surface area contributed by atoms with Crippen molar-refractivity contribution in [2.24, 2.45) is 0 Å². The average Bonchev–Trinajstić information content (AvgIpc) is 2.92. The molecule has 0 atom stereocenters. The van der Waals surface area contributed by atoms with Crippen molar-refractivity contribution < 1.29 is 4.74 Å². The molecule has 0 aliphatic carbocycles. The molecule has 1 aromatic carbocycles. The number of morpholine rings is 1. The third-order valence-corrected chi connectivity index (χ3v) is 4.41. The van der Waals surface area contributed by atoms with Crippen LogP contribution in [0.3, 0.4) is 0 Å². The lowest BCUT2D eigenvalue weighted by atomic mass is 10.2. The average molecular weight is 289 g/mol. The first kappa shape index (κ1) is 13.3. The van der Waals surface area contributed by atoms with Gasteiger partial charge in [0.05, 0.1) is 19.8 Å². The topological polar surface area (TPSA) is 50.5 Å². The van der Waals surface area contributed by atoms with E-state index in [1.54, 1.807) is 11.3 Å². The molecular formula is C15H19N3OS. The Kier molecular flexibility index (Phi) is 4.08. The maximum Gasteiger partial charge on any atom is 0.0642 e. The Hall–Kier alpha value is -1.72. The molecule has 106 valence electrons. The highest BCUT2D eigenvalue weighted by Gasteiger charge is 2.10. The molecule has 0 unspecified atom stereocenters.